The Hall–Kier alpha value is -3.39. The van der Waals surface area contributed by atoms with Gasteiger partial charge >= 0.3 is 12.0 Å². The molecule has 2 aromatic carbocycles. The van der Waals surface area contributed by atoms with Gasteiger partial charge in [-0.2, -0.15) is 0 Å². The molecule has 0 bridgehead atoms. The van der Waals surface area contributed by atoms with Gasteiger partial charge < -0.3 is 20.7 Å². The fourth-order valence-electron chi connectivity index (χ4n) is 3.66. The van der Waals surface area contributed by atoms with E-state index in [0.717, 1.165) is 31.5 Å². The van der Waals surface area contributed by atoms with Crippen molar-refractivity contribution in [3.8, 4) is 0 Å². The van der Waals surface area contributed by atoms with Crippen molar-refractivity contribution in [3.05, 3.63) is 60.2 Å². The Morgan fingerprint density at radius 2 is 1.74 bits per heavy atom. The topological polar surface area (TPSA) is 99.8 Å². The molecule has 3 amide bonds. The Bertz CT molecular complexity index is 903. The highest BCUT2D eigenvalue weighted by Gasteiger charge is 2.25. The fourth-order valence-corrected chi connectivity index (χ4v) is 3.66. The molecule has 1 atom stereocenters. The standard InChI is InChI=1S/C23H28N4O4/c1-31-22(29)19-12-5-6-13-20(19)26-21(28)16-27-14-8-7-11-18(27)15-24-23(30)25-17-9-3-2-4-10-17/h2-6,9-10,12-13,18H,7-8,11,14-16H2,1H3,(H,26,28)(H2,24,25,30). The maximum atomic E-state index is 12.7. The van der Waals surface area contributed by atoms with Crippen molar-refractivity contribution in [2.45, 2.75) is 25.3 Å². The fraction of sp³-hybridized carbons (Fsp3) is 0.348. The van der Waals surface area contributed by atoms with Crippen LogP contribution in [0.3, 0.4) is 0 Å². The average Bonchev–Trinajstić information content (AvgIpc) is 2.79. The van der Waals surface area contributed by atoms with Gasteiger partial charge in [0.15, 0.2) is 0 Å². The number of benzene rings is 2. The van der Waals surface area contributed by atoms with Crippen LogP contribution in [0.25, 0.3) is 0 Å². The number of likely N-dealkylation sites (tertiary alicyclic amines) is 1. The number of amides is 3. The Morgan fingerprint density at radius 1 is 1.00 bits per heavy atom. The Kier molecular flexibility index (Phi) is 8.00. The molecule has 1 aliphatic rings. The quantitative estimate of drug-likeness (QED) is 0.593. The highest BCUT2D eigenvalue weighted by Crippen LogP contribution is 2.19. The van der Waals surface area contributed by atoms with E-state index < -0.39 is 5.97 Å². The van der Waals surface area contributed by atoms with E-state index >= 15 is 0 Å². The molecule has 8 heteroatoms. The number of urea groups is 1. The van der Waals surface area contributed by atoms with Gasteiger partial charge in [0.25, 0.3) is 0 Å². The number of ether oxygens (including phenoxy) is 1. The maximum absolute atomic E-state index is 12.7. The SMILES string of the molecule is COC(=O)c1ccccc1NC(=O)CN1CCCCC1CNC(=O)Nc1ccccc1. The third kappa shape index (κ3) is 6.55. The highest BCUT2D eigenvalue weighted by atomic mass is 16.5. The summed E-state index contributed by atoms with van der Waals surface area (Å²) in [6.07, 6.45) is 2.95. The lowest BCUT2D eigenvalue weighted by Gasteiger charge is -2.35. The van der Waals surface area contributed by atoms with Gasteiger partial charge in [0, 0.05) is 18.3 Å². The summed E-state index contributed by atoms with van der Waals surface area (Å²) < 4.78 is 4.78. The number of carbonyl (C=O) groups is 3. The predicted octanol–water partition coefficient (Wildman–Crippen LogP) is 3.09. The summed E-state index contributed by atoms with van der Waals surface area (Å²) in [5, 5.41) is 8.51. The molecule has 0 saturated carbocycles. The number of para-hydroxylation sites is 2. The van der Waals surface area contributed by atoms with E-state index in [2.05, 4.69) is 20.9 Å². The number of hydrogen-bond donors (Lipinski definition) is 3. The van der Waals surface area contributed by atoms with Crippen LogP contribution in [0.1, 0.15) is 29.6 Å². The molecule has 0 radical (unpaired) electrons. The minimum Gasteiger partial charge on any atom is -0.465 e. The first-order valence-corrected chi connectivity index (χ1v) is 10.4. The summed E-state index contributed by atoms with van der Waals surface area (Å²) in [7, 11) is 1.31. The predicted molar refractivity (Wildman–Crippen MR) is 119 cm³/mol. The van der Waals surface area contributed by atoms with E-state index in [4.69, 9.17) is 4.74 Å². The number of piperidine rings is 1. The van der Waals surface area contributed by atoms with Crippen molar-refractivity contribution in [3.63, 3.8) is 0 Å². The minimum atomic E-state index is -0.500. The van der Waals surface area contributed by atoms with E-state index in [-0.39, 0.29) is 24.5 Å². The molecular weight excluding hydrogens is 396 g/mol. The van der Waals surface area contributed by atoms with Gasteiger partial charge in [0.05, 0.1) is 24.9 Å². The lowest BCUT2D eigenvalue weighted by molar-refractivity contribution is -0.118. The molecule has 0 aliphatic carbocycles. The largest absolute Gasteiger partial charge is 0.465 e. The number of nitrogens with zero attached hydrogens (tertiary/aromatic N) is 1. The van der Waals surface area contributed by atoms with Crippen LogP contribution < -0.4 is 16.0 Å². The zero-order valence-electron chi connectivity index (χ0n) is 17.6. The molecule has 1 aliphatic heterocycles. The smallest absolute Gasteiger partial charge is 0.339 e. The number of rotatable bonds is 7. The van der Waals surface area contributed by atoms with E-state index in [0.29, 0.717) is 17.8 Å². The zero-order valence-corrected chi connectivity index (χ0v) is 17.6. The number of carbonyl (C=O) groups excluding carboxylic acids is 3. The molecule has 1 unspecified atom stereocenters. The number of methoxy groups -OCH3 is 1. The van der Waals surface area contributed by atoms with Gasteiger partial charge in [-0.25, -0.2) is 9.59 Å². The van der Waals surface area contributed by atoms with Crippen LogP contribution in [0.2, 0.25) is 0 Å². The summed E-state index contributed by atoms with van der Waals surface area (Å²) in [6, 6.07) is 15.8. The molecule has 8 nitrogen and oxygen atoms in total. The van der Waals surface area contributed by atoms with Gasteiger partial charge in [-0.15, -0.1) is 0 Å². The Labute approximate surface area is 182 Å². The van der Waals surface area contributed by atoms with Crippen LogP contribution in [-0.2, 0) is 9.53 Å². The highest BCUT2D eigenvalue weighted by molar-refractivity contribution is 6.01. The van der Waals surface area contributed by atoms with Crippen LogP contribution in [0.4, 0.5) is 16.2 Å². The summed E-state index contributed by atoms with van der Waals surface area (Å²) in [5.41, 5.74) is 1.46. The monoisotopic (exact) mass is 424 g/mol. The number of nitrogens with one attached hydrogen (secondary N) is 3. The lowest BCUT2D eigenvalue weighted by Crippen LogP contribution is -2.49. The van der Waals surface area contributed by atoms with E-state index in [1.165, 1.54) is 7.11 Å². The lowest BCUT2D eigenvalue weighted by atomic mass is 10.0. The molecule has 0 aromatic heterocycles. The molecule has 1 fully saturated rings. The van der Waals surface area contributed by atoms with Gasteiger partial charge in [0.2, 0.25) is 5.91 Å². The van der Waals surface area contributed by atoms with Crippen molar-refractivity contribution < 1.29 is 19.1 Å². The number of esters is 1. The summed E-state index contributed by atoms with van der Waals surface area (Å²) in [4.78, 5) is 38.8. The molecule has 3 N–H and O–H groups in total. The molecule has 1 saturated heterocycles. The number of hydrogen-bond acceptors (Lipinski definition) is 5. The Balaban J connectivity index is 1.54. The molecule has 164 valence electrons. The zero-order chi connectivity index (χ0) is 22.1. The second-order valence-corrected chi connectivity index (χ2v) is 7.41. The van der Waals surface area contributed by atoms with Gasteiger partial charge in [0.1, 0.15) is 0 Å². The molecule has 31 heavy (non-hydrogen) atoms. The maximum Gasteiger partial charge on any atom is 0.339 e. The van der Waals surface area contributed by atoms with Crippen molar-refractivity contribution in [2.75, 3.05) is 37.4 Å². The minimum absolute atomic E-state index is 0.0666. The van der Waals surface area contributed by atoms with Crippen molar-refractivity contribution >= 4 is 29.3 Å². The Morgan fingerprint density at radius 3 is 2.52 bits per heavy atom. The van der Waals surface area contributed by atoms with Crippen LogP contribution in [-0.4, -0.2) is 55.6 Å². The molecule has 2 aromatic rings. The molecular formula is C23H28N4O4. The van der Waals surface area contributed by atoms with Crippen LogP contribution in [0.5, 0.6) is 0 Å². The summed E-state index contributed by atoms with van der Waals surface area (Å²) in [5.74, 6) is -0.711. The van der Waals surface area contributed by atoms with Crippen molar-refractivity contribution in [1.29, 1.82) is 0 Å². The van der Waals surface area contributed by atoms with Crippen LogP contribution in [0.15, 0.2) is 54.6 Å². The van der Waals surface area contributed by atoms with Crippen molar-refractivity contribution in [2.24, 2.45) is 0 Å². The first-order valence-electron chi connectivity index (χ1n) is 10.4. The summed E-state index contributed by atoms with van der Waals surface area (Å²) in [6.45, 7) is 1.41. The normalized spacial score (nSPS) is 16.2. The van der Waals surface area contributed by atoms with E-state index in [9.17, 15) is 14.4 Å². The second-order valence-electron chi connectivity index (χ2n) is 7.41. The van der Waals surface area contributed by atoms with Crippen LogP contribution >= 0.6 is 0 Å². The van der Waals surface area contributed by atoms with Gasteiger partial charge in [-0.3, -0.25) is 9.69 Å². The van der Waals surface area contributed by atoms with Gasteiger partial charge in [-0.05, 0) is 43.7 Å². The third-order valence-corrected chi connectivity index (χ3v) is 5.23. The molecule has 1 heterocycles. The first-order chi connectivity index (χ1) is 15.1. The second kappa shape index (κ2) is 11.1. The van der Waals surface area contributed by atoms with Crippen molar-refractivity contribution in [1.82, 2.24) is 10.2 Å². The average molecular weight is 425 g/mol. The van der Waals surface area contributed by atoms with E-state index in [1.54, 1.807) is 24.3 Å². The summed E-state index contributed by atoms with van der Waals surface area (Å²) >= 11 is 0. The molecule has 0 spiro atoms. The number of anilines is 2. The molecule has 3 rings (SSSR count). The van der Waals surface area contributed by atoms with E-state index in [1.807, 2.05) is 30.3 Å². The van der Waals surface area contributed by atoms with Crippen LogP contribution in [0, 0.1) is 0 Å². The van der Waals surface area contributed by atoms with Gasteiger partial charge in [-0.1, -0.05) is 36.8 Å². The third-order valence-electron chi connectivity index (χ3n) is 5.23. The first kappa shape index (κ1) is 22.3.